The number of para-hydroxylation sites is 1. The SMILES string of the molecule is CCNC(=NCc1cccc(OC)c1O)NCC(CC)CC. The number of nitrogens with zero attached hydrogens (tertiary/aromatic N) is 1. The molecule has 0 saturated heterocycles. The van der Waals surface area contributed by atoms with Crippen LogP contribution in [-0.4, -0.2) is 31.3 Å². The molecule has 0 amide bonds. The summed E-state index contributed by atoms with van der Waals surface area (Å²) in [6, 6.07) is 5.44. The standard InChI is InChI=1S/C17H29N3O2/c1-5-13(6-2)11-19-17(18-7-3)20-12-14-9-8-10-15(22-4)16(14)21/h8-10,13,21H,5-7,11-12H2,1-4H3,(H2,18,19,20). The Balaban J connectivity index is 2.73. The van der Waals surface area contributed by atoms with Crippen LogP contribution in [0.1, 0.15) is 39.2 Å². The van der Waals surface area contributed by atoms with Crippen molar-refractivity contribution >= 4 is 5.96 Å². The Morgan fingerprint density at radius 2 is 1.95 bits per heavy atom. The predicted octanol–water partition coefficient (Wildman–Crippen LogP) is 2.89. The van der Waals surface area contributed by atoms with E-state index in [0.29, 0.717) is 18.2 Å². The van der Waals surface area contributed by atoms with Crippen LogP contribution in [0, 0.1) is 5.92 Å². The maximum Gasteiger partial charge on any atom is 0.191 e. The van der Waals surface area contributed by atoms with Gasteiger partial charge in [0, 0.05) is 18.7 Å². The zero-order valence-electron chi connectivity index (χ0n) is 14.1. The molecule has 124 valence electrons. The smallest absolute Gasteiger partial charge is 0.191 e. The Bertz CT molecular complexity index is 471. The zero-order chi connectivity index (χ0) is 16.4. The highest BCUT2D eigenvalue weighted by Crippen LogP contribution is 2.29. The van der Waals surface area contributed by atoms with Gasteiger partial charge in [0.1, 0.15) is 0 Å². The van der Waals surface area contributed by atoms with Gasteiger partial charge >= 0.3 is 0 Å². The zero-order valence-corrected chi connectivity index (χ0v) is 14.1. The van der Waals surface area contributed by atoms with E-state index in [9.17, 15) is 5.11 Å². The molecule has 0 unspecified atom stereocenters. The minimum absolute atomic E-state index is 0.157. The van der Waals surface area contributed by atoms with Crippen molar-refractivity contribution in [2.75, 3.05) is 20.2 Å². The molecule has 0 spiro atoms. The van der Waals surface area contributed by atoms with Crippen LogP contribution in [0.4, 0.5) is 0 Å². The van der Waals surface area contributed by atoms with E-state index < -0.39 is 0 Å². The van der Waals surface area contributed by atoms with Crippen LogP contribution in [0.15, 0.2) is 23.2 Å². The number of aromatic hydroxyl groups is 1. The highest BCUT2D eigenvalue weighted by molar-refractivity contribution is 5.79. The summed E-state index contributed by atoms with van der Waals surface area (Å²) >= 11 is 0. The minimum atomic E-state index is 0.157. The van der Waals surface area contributed by atoms with Crippen LogP contribution in [0.3, 0.4) is 0 Å². The summed E-state index contributed by atoms with van der Waals surface area (Å²) in [5, 5.41) is 16.7. The van der Waals surface area contributed by atoms with Crippen LogP contribution in [0.2, 0.25) is 0 Å². The normalized spacial score (nSPS) is 11.6. The first kappa shape index (κ1) is 18.1. The monoisotopic (exact) mass is 307 g/mol. The Morgan fingerprint density at radius 1 is 1.23 bits per heavy atom. The number of aliphatic imine (C=N–C) groups is 1. The van der Waals surface area contributed by atoms with Gasteiger partial charge in [-0.15, -0.1) is 0 Å². The fourth-order valence-electron chi connectivity index (χ4n) is 2.18. The lowest BCUT2D eigenvalue weighted by Crippen LogP contribution is -2.39. The third kappa shape index (κ3) is 5.47. The molecule has 0 bridgehead atoms. The van der Waals surface area contributed by atoms with Gasteiger partial charge in [-0.1, -0.05) is 38.8 Å². The molecule has 1 aromatic carbocycles. The van der Waals surface area contributed by atoms with Crippen molar-refractivity contribution < 1.29 is 9.84 Å². The third-order valence-electron chi connectivity index (χ3n) is 3.77. The van der Waals surface area contributed by atoms with E-state index in [2.05, 4.69) is 29.5 Å². The second-order valence-electron chi connectivity index (χ2n) is 5.23. The Kier molecular flexibility index (Phi) is 8.18. The number of methoxy groups -OCH3 is 1. The van der Waals surface area contributed by atoms with Gasteiger partial charge < -0.3 is 20.5 Å². The molecule has 5 nitrogen and oxygen atoms in total. The molecule has 1 aromatic rings. The van der Waals surface area contributed by atoms with Crippen LogP contribution in [0.5, 0.6) is 11.5 Å². The Hall–Kier alpha value is -1.91. The van der Waals surface area contributed by atoms with Crippen molar-refractivity contribution in [3.63, 3.8) is 0 Å². The van der Waals surface area contributed by atoms with Gasteiger partial charge in [0.05, 0.1) is 13.7 Å². The summed E-state index contributed by atoms with van der Waals surface area (Å²) in [4.78, 5) is 4.54. The van der Waals surface area contributed by atoms with Gasteiger partial charge in [-0.05, 0) is 18.9 Å². The summed E-state index contributed by atoms with van der Waals surface area (Å²) in [6.45, 7) is 8.56. The molecule has 1 rings (SSSR count). The number of hydrogen-bond acceptors (Lipinski definition) is 3. The highest BCUT2D eigenvalue weighted by atomic mass is 16.5. The van der Waals surface area contributed by atoms with Gasteiger partial charge in [0.25, 0.3) is 0 Å². The number of ether oxygens (including phenoxy) is 1. The summed E-state index contributed by atoms with van der Waals surface area (Å²) in [5.74, 6) is 2.05. The van der Waals surface area contributed by atoms with Gasteiger partial charge in [0.2, 0.25) is 0 Å². The van der Waals surface area contributed by atoms with Gasteiger partial charge in [-0.2, -0.15) is 0 Å². The molecule has 0 aliphatic rings. The fraction of sp³-hybridized carbons (Fsp3) is 0.588. The molecule has 3 N–H and O–H groups in total. The molecule has 0 fully saturated rings. The topological polar surface area (TPSA) is 65.9 Å². The maximum atomic E-state index is 10.1. The van der Waals surface area contributed by atoms with Crippen LogP contribution >= 0.6 is 0 Å². The van der Waals surface area contributed by atoms with E-state index in [-0.39, 0.29) is 5.75 Å². The number of nitrogens with one attached hydrogen (secondary N) is 2. The first-order chi connectivity index (χ1) is 10.7. The van der Waals surface area contributed by atoms with Crippen LogP contribution in [-0.2, 0) is 6.54 Å². The van der Waals surface area contributed by atoms with E-state index in [1.54, 1.807) is 13.2 Å². The first-order valence-electron chi connectivity index (χ1n) is 8.03. The molecule has 0 radical (unpaired) electrons. The first-order valence-corrected chi connectivity index (χ1v) is 8.03. The minimum Gasteiger partial charge on any atom is -0.504 e. The quantitative estimate of drug-likeness (QED) is 0.510. The van der Waals surface area contributed by atoms with Gasteiger partial charge in [-0.3, -0.25) is 0 Å². The largest absolute Gasteiger partial charge is 0.504 e. The van der Waals surface area contributed by atoms with Crippen molar-refractivity contribution in [2.45, 2.75) is 40.2 Å². The van der Waals surface area contributed by atoms with E-state index in [1.807, 2.05) is 19.1 Å². The maximum absolute atomic E-state index is 10.1. The van der Waals surface area contributed by atoms with E-state index in [0.717, 1.165) is 37.5 Å². The predicted molar refractivity (Wildman–Crippen MR) is 91.5 cm³/mol. The fourth-order valence-corrected chi connectivity index (χ4v) is 2.18. The van der Waals surface area contributed by atoms with E-state index in [1.165, 1.54) is 0 Å². The number of phenolic OH excluding ortho intramolecular Hbond substituents is 1. The summed E-state index contributed by atoms with van der Waals surface area (Å²) in [6.07, 6.45) is 2.30. The van der Waals surface area contributed by atoms with E-state index >= 15 is 0 Å². The molecule has 0 saturated carbocycles. The van der Waals surface area contributed by atoms with Crippen molar-refractivity contribution in [3.8, 4) is 11.5 Å². The van der Waals surface area contributed by atoms with Crippen molar-refractivity contribution in [2.24, 2.45) is 10.9 Å². The number of guanidine groups is 1. The van der Waals surface area contributed by atoms with Crippen molar-refractivity contribution in [1.82, 2.24) is 10.6 Å². The molecule has 5 heteroatoms. The summed E-state index contributed by atoms with van der Waals surface area (Å²) < 4.78 is 5.12. The summed E-state index contributed by atoms with van der Waals surface area (Å²) in [7, 11) is 1.55. The highest BCUT2D eigenvalue weighted by Gasteiger charge is 2.08. The molecule has 0 aromatic heterocycles. The Morgan fingerprint density at radius 3 is 2.55 bits per heavy atom. The lowest BCUT2D eigenvalue weighted by molar-refractivity contribution is 0.370. The number of rotatable bonds is 8. The van der Waals surface area contributed by atoms with Gasteiger partial charge in [0.15, 0.2) is 17.5 Å². The van der Waals surface area contributed by atoms with Crippen molar-refractivity contribution in [3.05, 3.63) is 23.8 Å². The lowest BCUT2D eigenvalue weighted by atomic mass is 10.0. The number of hydrogen-bond donors (Lipinski definition) is 3. The molecular weight excluding hydrogens is 278 g/mol. The summed E-state index contributed by atoms with van der Waals surface area (Å²) in [5.41, 5.74) is 0.749. The molecular formula is C17H29N3O2. The molecule has 22 heavy (non-hydrogen) atoms. The van der Waals surface area contributed by atoms with Crippen LogP contribution < -0.4 is 15.4 Å². The van der Waals surface area contributed by atoms with Gasteiger partial charge in [-0.25, -0.2) is 4.99 Å². The average molecular weight is 307 g/mol. The lowest BCUT2D eigenvalue weighted by Gasteiger charge is -2.16. The third-order valence-corrected chi connectivity index (χ3v) is 3.77. The molecule has 0 aliphatic carbocycles. The van der Waals surface area contributed by atoms with Crippen LogP contribution in [0.25, 0.3) is 0 Å². The molecule has 0 aliphatic heterocycles. The number of benzene rings is 1. The average Bonchev–Trinajstić information content (AvgIpc) is 2.54. The molecule has 0 heterocycles. The van der Waals surface area contributed by atoms with E-state index in [4.69, 9.17) is 4.74 Å². The number of phenols is 1. The molecule has 0 atom stereocenters. The Labute approximate surface area is 133 Å². The van der Waals surface area contributed by atoms with Crippen molar-refractivity contribution in [1.29, 1.82) is 0 Å². The second-order valence-corrected chi connectivity index (χ2v) is 5.23. The second kappa shape index (κ2) is 9.92.